The van der Waals surface area contributed by atoms with E-state index in [9.17, 15) is 9.90 Å². The van der Waals surface area contributed by atoms with Gasteiger partial charge in [0.1, 0.15) is 6.33 Å². The van der Waals surface area contributed by atoms with E-state index in [1.807, 2.05) is 30.3 Å². The maximum Gasteiger partial charge on any atom is 0.252 e. The molecule has 1 amide bonds. The lowest BCUT2D eigenvalue weighted by Gasteiger charge is -2.17. The summed E-state index contributed by atoms with van der Waals surface area (Å²) in [6, 6.07) is 16.3. The Morgan fingerprint density at radius 3 is 2.60 bits per heavy atom. The summed E-state index contributed by atoms with van der Waals surface area (Å²) >= 11 is 0. The molecule has 8 nitrogen and oxygen atoms in total. The van der Waals surface area contributed by atoms with Gasteiger partial charge in [0, 0.05) is 11.3 Å². The number of anilines is 2. The van der Waals surface area contributed by atoms with Gasteiger partial charge in [-0.25, -0.2) is 9.97 Å². The molecule has 0 bridgehead atoms. The second-order valence-electron chi connectivity index (χ2n) is 6.46. The summed E-state index contributed by atoms with van der Waals surface area (Å²) in [7, 11) is 0. The number of aliphatic hydroxyl groups excluding tert-OH is 1. The lowest BCUT2D eigenvalue weighted by molar-refractivity contribution is -0.111. The molecule has 4 aromatic rings. The Morgan fingerprint density at radius 2 is 1.90 bits per heavy atom. The molecule has 0 fully saturated rings. The third kappa shape index (κ3) is 4.03. The minimum absolute atomic E-state index is 0.113. The van der Waals surface area contributed by atoms with Crippen LogP contribution in [0.1, 0.15) is 11.6 Å². The van der Waals surface area contributed by atoms with Crippen LogP contribution < -0.4 is 10.6 Å². The van der Waals surface area contributed by atoms with Gasteiger partial charge in [-0.05, 0) is 35.9 Å². The topological polar surface area (TPSA) is 113 Å². The van der Waals surface area contributed by atoms with Crippen molar-refractivity contribution in [3.8, 4) is 11.5 Å². The summed E-state index contributed by atoms with van der Waals surface area (Å²) in [5.74, 6) is 0.552. The zero-order chi connectivity index (χ0) is 20.9. The highest BCUT2D eigenvalue weighted by atomic mass is 16.4. The van der Waals surface area contributed by atoms with Crippen molar-refractivity contribution in [3.63, 3.8) is 0 Å². The molecule has 0 radical (unpaired) electrons. The van der Waals surface area contributed by atoms with E-state index in [1.54, 1.807) is 24.3 Å². The number of benzene rings is 2. The predicted molar refractivity (Wildman–Crippen MR) is 114 cm³/mol. The number of amides is 1. The second kappa shape index (κ2) is 8.54. The van der Waals surface area contributed by atoms with E-state index in [1.165, 1.54) is 12.4 Å². The molecule has 8 heteroatoms. The van der Waals surface area contributed by atoms with E-state index in [2.05, 4.69) is 32.2 Å². The second-order valence-corrected chi connectivity index (χ2v) is 6.46. The van der Waals surface area contributed by atoms with Gasteiger partial charge in [0.2, 0.25) is 11.8 Å². The van der Waals surface area contributed by atoms with Crippen LogP contribution in [0.3, 0.4) is 0 Å². The van der Waals surface area contributed by atoms with Gasteiger partial charge in [-0.1, -0.05) is 36.9 Å². The first-order valence-corrected chi connectivity index (χ1v) is 9.25. The summed E-state index contributed by atoms with van der Waals surface area (Å²) in [5.41, 5.74) is 3.07. The van der Waals surface area contributed by atoms with Gasteiger partial charge < -0.3 is 20.2 Å². The van der Waals surface area contributed by atoms with Crippen molar-refractivity contribution in [2.75, 3.05) is 17.2 Å². The zero-order valence-electron chi connectivity index (χ0n) is 15.9. The number of carbonyl (C=O) groups excluding carboxylic acids is 1. The van der Waals surface area contributed by atoms with Crippen LogP contribution in [0.2, 0.25) is 0 Å². The van der Waals surface area contributed by atoms with Crippen LogP contribution in [0.25, 0.3) is 22.7 Å². The highest BCUT2D eigenvalue weighted by Gasteiger charge is 2.17. The van der Waals surface area contributed by atoms with Gasteiger partial charge >= 0.3 is 0 Å². The molecule has 0 aliphatic rings. The van der Waals surface area contributed by atoms with Crippen molar-refractivity contribution in [3.05, 3.63) is 79.1 Å². The maximum absolute atomic E-state index is 11.4. The minimum atomic E-state index is -0.350. The standard InChI is InChI=1S/C22H19N5O3/c1-2-18(29)25-16-10-8-15(9-11-16)21-27-19-20(23-13-24-22(19)30-21)26-17(12-28)14-6-4-3-5-7-14/h2-11,13,17,28H,1,12H2,(H,25,29)(H,23,24,26). The maximum atomic E-state index is 11.4. The Hall–Kier alpha value is -4.04. The van der Waals surface area contributed by atoms with Crippen molar-refractivity contribution in [2.45, 2.75) is 6.04 Å². The molecule has 3 N–H and O–H groups in total. The van der Waals surface area contributed by atoms with Crippen molar-refractivity contribution in [2.24, 2.45) is 0 Å². The Labute approximate surface area is 172 Å². The van der Waals surface area contributed by atoms with Crippen LogP contribution in [0, 0.1) is 0 Å². The fourth-order valence-electron chi connectivity index (χ4n) is 2.96. The SMILES string of the molecule is C=CC(=O)Nc1ccc(-c2nc3c(NC(CO)c4ccccc4)ncnc3o2)cc1. The molecular weight excluding hydrogens is 382 g/mol. The molecule has 0 saturated carbocycles. The number of fused-ring (bicyclic) bond motifs is 1. The minimum Gasteiger partial charge on any atom is -0.417 e. The molecule has 2 heterocycles. The molecule has 150 valence electrons. The molecule has 0 aliphatic heterocycles. The summed E-state index contributed by atoms with van der Waals surface area (Å²) in [5, 5.41) is 15.7. The lowest BCUT2D eigenvalue weighted by Crippen LogP contribution is -2.15. The van der Waals surface area contributed by atoms with Crippen molar-refractivity contribution >= 4 is 28.6 Å². The number of aliphatic hydroxyl groups is 1. The van der Waals surface area contributed by atoms with E-state index in [-0.39, 0.29) is 18.6 Å². The molecule has 1 atom stereocenters. The monoisotopic (exact) mass is 401 g/mol. The highest BCUT2D eigenvalue weighted by Crippen LogP contribution is 2.29. The third-order valence-corrected chi connectivity index (χ3v) is 4.48. The number of nitrogens with zero attached hydrogens (tertiary/aromatic N) is 3. The van der Waals surface area contributed by atoms with Crippen LogP contribution in [0.15, 0.2) is 78.0 Å². The summed E-state index contributed by atoms with van der Waals surface area (Å²) < 4.78 is 5.79. The number of rotatable bonds is 7. The fraction of sp³-hybridized carbons (Fsp3) is 0.0909. The van der Waals surface area contributed by atoms with Gasteiger partial charge in [-0.15, -0.1) is 0 Å². The molecule has 1 unspecified atom stereocenters. The Bertz CT molecular complexity index is 1170. The van der Waals surface area contributed by atoms with E-state index < -0.39 is 0 Å². The number of carbonyl (C=O) groups is 1. The molecular formula is C22H19N5O3. The number of aromatic nitrogens is 3. The van der Waals surface area contributed by atoms with Crippen LogP contribution in [0.5, 0.6) is 0 Å². The molecule has 0 saturated heterocycles. The largest absolute Gasteiger partial charge is 0.417 e. The van der Waals surface area contributed by atoms with Gasteiger partial charge in [0.05, 0.1) is 12.6 Å². The fourth-order valence-corrected chi connectivity index (χ4v) is 2.96. The molecule has 0 aliphatic carbocycles. The summed E-state index contributed by atoms with van der Waals surface area (Å²) in [4.78, 5) is 24.4. The van der Waals surface area contributed by atoms with Crippen molar-refractivity contribution in [1.82, 2.24) is 15.0 Å². The van der Waals surface area contributed by atoms with Crippen LogP contribution in [-0.2, 0) is 4.79 Å². The van der Waals surface area contributed by atoms with E-state index in [0.717, 1.165) is 11.1 Å². The van der Waals surface area contributed by atoms with Crippen LogP contribution >= 0.6 is 0 Å². The van der Waals surface area contributed by atoms with E-state index in [4.69, 9.17) is 4.42 Å². The molecule has 0 spiro atoms. The predicted octanol–water partition coefficient (Wildman–Crippen LogP) is 3.55. The summed E-state index contributed by atoms with van der Waals surface area (Å²) in [6.07, 6.45) is 2.59. The lowest BCUT2D eigenvalue weighted by atomic mass is 10.1. The average molecular weight is 401 g/mol. The van der Waals surface area contributed by atoms with E-state index in [0.29, 0.717) is 28.6 Å². The third-order valence-electron chi connectivity index (χ3n) is 4.48. The Balaban J connectivity index is 1.62. The Morgan fingerprint density at radius 1 is 1.13 bits per heavy atom. The van der Waals surface area contributed by atoms with Crippen LogP contribution in [0.4, 0.5) is 11.5 Å². The van der Waals surface area contributed by atoms with Crippen LogP contribution in [-0.4, -0.2) is 32.6 Å². The van der Waals surface area contributed by atoms with Gasteiger partial charge in [-0.3, -0.25) is 4.79 Å². The quantitative estimate of drug-likeness (QED) is 0.406. The number of oxazole rings is 1. The molecule has 4 rings (SSSR count). The van der Waals surface area contributed by atoms with Crippen molar-refractivity contribution < 1.29 is 14.3 Å². The molecule has 2 aromatic carbocycles. The average Bonchev–Trinajstić information content (AvgIpc) is 3.23. The zero-order valence-corrected chi connectivity index (χ0v) is 15.9. The van der Waals surface area contributed by atoms with Crippen molar-refractivity contribution in [1.29, 1.82) is 0 Å². The first-order chi connectivity index (χ1) is 14.7. The molecule has 30 heavy (non-hydrogen) atoms. The normalized spacial score (nSPS) is 11.8. The first kappa shape index (κ1) is 19.3. The molecule has 2 aromatic heterocycles. The van der Waals surface area contributed by atoms with Gasteiger partial charge in [-0.2, -0.15) is 4.98 Å². The highest BCUT2D eigenvalue weighted by molar-refractivity contribution is 5.99. The number of hydrogen-bond donors (Lipinski definition) is 3. The number of nitrogens with one attached hydrogen (secondary N) is 2. The number of hydrogen-bond acceptors (Lipinski definition) is 7. The Kier molecular flexibility index (Phi) is 5.49. The van der Waals surface area contributed by atoms with Gasteiger partial charge in [0.25, 0.3) is 5.71 Å². The first-order valence-electron chi connectivity index (χ1n) is 9.25. The summed E-state index contributed by atoms with van der Waals surface area (Å²) in [6.45, 7) is 3.32. The van der Waals surface area contributed by atoms with E-state index >= 15 is 0 Å². The smallest absolute Gasteiger partial charge is 0.252 e. The van der Waals surface area contributed by atoms with Gasteiger partial charge in [0.15, 0.2) is 11.3 Å².